The van der Waals surface area contributed by atoms with Crippen molar-refractivity contribution in [2.75, 3.05) is 19.8 Å². The summed E-state index contributed by atoms with van der Waals surface area (Å²) in [5, 5.41) is 0. The lowest BCUT2D eigenvalue weighted by molar-refractivity contribution is -0.404. The van der Waals surface area contributed by atoms with Crippen molar-refractivity contribution in [3.8, 4) is 0 Å². The minimum atomic E-state index is -0.898. The van der Waals surface area contributed by atoms with E-state index in [1.807, 2.05) is 0 Å². The van der Waals surface area contributed by atoms with Crippen LogP contribution in [-0.2, 0) is 14.2 Å². The van der Waals surface area contributed by atoms with Gasteiger partial charge in [-0.15, -0.1) is 0 Å². The maximum Gasteiger partial charge on any atom is 0.285 e. The number of unbranched alkanes of at least 4 members (excludes halogenated alkanes) is 29. The second kappa shape index (κ2) is 42.2. The van der Waals surface area contributed by atoms with E-state index in [4.69, 9.17) is 14.2 Å². The first kappa shape index (κ1) is 55.1. The van der Waals surface area contributed by atoms with Crippen LogP contribution in [-0.4, -0.2) is 25.8 Å². The van der Waals surface area contributed by atoms with E-state index in [1.54, 1.807) is 0 Å². The maximum atomic E-state index is 6.83. The second-order valence-electron chi connectivity index (χ2n) is 18.3. The molecule has 0 spiro atoms. The van der Waals surface area contributed by atoms with E-state index in [2.05, 4.69) is 73.6 Å². The van der Waals surface area contributed by atoms with Crippen molar-refractivity contribution < 1.29 is 14.2 Å². The first-order chi connectivity index (χ1) is 27.2. The molecule has 332 valence electrons. The lowest BCUT2D eigenvalue weighted by Crippen LogP contribution is -2.46. The van der Waals surface area contributed by atoms with Gasteiger partial charge in [0.25, 0.3) is 5.97 Å². The van der Waals surface area contributed by atoms with Crippen molar-refractivity contribution in [3.63, 3.8) is 0 Å². The molecule has 3 heteroatoms. The molecule has 0 heterocycles. The molecule has 0 rings (SSSR count). The van der Waals surface area contributed by atoms with Gasteiger partial charge in [0.1, 0.15) is 0 Å². The molecule has 56 heavy (non-hydrogen) atoms. The zero-order valence-corrected chi connectivity index (χ0v) is 39.7. The summed E-state index contributed by atoms with van der Waals surface area (Å²) in [6.07, 6.45) is 51.3. The first-order valence-corrected chi connectivity index (χ1v) is 25.1. The normalized spacial score (nSPS) is 12.2. The molecular weight excluding hydrogens is 685 g/mol. The Kier molecular flexibility index (Phi) is 41.6. The summed E-state index contributed by atoms with van der Waals surface area (Å²) >= 11 is 0. The highest BCUT2D eigenvalue weighted by Crippen LogP contribution is 2.32. The van der Waals surface area contributed by atoms with Gasteiger partial charge < -0.3 is 14.2 Å². The highest BCUT2D eigenvalue weighted by molar-refractivity contribution is 4.93. The zero-order chi connectivity index (χ0) is 41.2. The average molecular weight is 787 g/mol. The van der Waals surface area contributed by atoms with E-state index < -0.39 is 5.97 Å². The molecule has 0 saturated heterocycles. The fourth-order valence-corrected chi connectivity index (χ4v) is 7.70. The topological polar surface area (TPSA) is 27.7 Å². The Bertz CT molecular complexity index is 791. The Balaban J connectivity index is 5.03. The molecule has 0 aliphatic rings. The summed E-state index contributed by atoms with van der Waals surface area (Å²) in [6.45, 7) is 20.1. The van der Waals surface area contributed by atoms with Gasteiger partial charge in [0.2, 0.25) is 0 Å². The van der Waals surface area contributed by atoms with Crippen LogP contribution in [0.4, 0.5) is 0 Å². The van der Waals surface area contributed by atoms with Gasteiger partial charge >= 0.3 is 0 Å². The van der Waals surface area contributed by atoms with Crippen LogP contribution in [0.3, 0.4) is 0 Å². The molecule has 0 aromatic heterocycles. The summed E-state index contributed by atoms with van der Waals surface area (Å²) in [5.41, 5.74) is 4.36. The highest BCUT2D eigenvalue weighted by Gasteiger charge is 2.39. The third-order valence-electron chi connectivity index (χ3n) is 11.5. The maximum absolute atomic E-state index is 6.83. The Morgan fingerprint density at radius 3 is 0.893 bits per heavy atom. The summed E-state index contributed by atoms with van der Waals surface area (Å²) < 4.78 is 20.5. The van der Waals surface area contributed by atoms with Gasteiger partial charge in [-0.25, -0.2) is 0 Å². The van der Waals surface area contributed by atoms with E-state index in [0.717, 1.165) is 45.5 Å². The quantitative estimate of drug-likeness (QED) is 0.0350. The molecule has 3 nitrogen and oxygen atoms in total. The van der Waals surface area contributed by atoms with E-state index in [-0.39, 0.29) is 5.92 Å². The van der Waals surface area contributed by atoms with Gasteiger partial charge in [-0.2, -0.15) is 0 Å². The SMILES string of the molecule is CCCCCCCCC(C)C(OCCCCCCCCCCC=C(C)C)(OCCCCCCCCCCC=C(C)C)OCCCCCCCCCCC=C(C)C. The lowest BCUT2D eigenvalue weighted by Gasteiger charge is -2.38. The van der Waals surface area contributed by atoms with Gasteiger partial charge in [0.05, 0.1) is 19.8 Å². The van der Waals surface area contributed by atoms with Crippen molar-refractivity contribution in [1.29, 1.82) is 0 Å². The number of ether oxygens (including phenoxy) is 3. The van der Waals surface area contributed by atoms with Crippen LogP contribution in [0.25, 0.3) is 0 Å². The van der Waals surface area contributed by atoms with Crippen molar-refractivity contribution in [1.82, 2.24) is 0 Å². The molecule has 0 amide bonds. The highest BCUT2D eigenvalue weighted by atomic mass is 16.9. The van der Waals surface area contributed by atoms with E-state index in [9.17, 15) is 0 Å². The third-order valence-corrected chi connectivity index (χ3v) is 11.5. The molecule has 1 unspecified atom stereocenters. The molecule has 0 radical (unpaired) electrons. The second-order valence-corrected chi connectivity index (χ2v) is 18.3. The van der Waals surface area contributed by atoms with Crippen LogP contribution in [0.1, 0.15) is 274 Å². The lowest BCUT2D eigenvalue weighted by atomic mass is 9.99. The average Bonchev–Trinajstić information content (AvgIpc) is 3.16. The monoisotopic (exact) mass is 787 g/mol. The Hall–Kier alpha value is -0.900. The summed E-state index contributed by atoms with van der Waals surface area (Å²) in [6, 6.07) is 0. The number of hydrogen-bond donors (Lipinski definition) is 0. The van der Waals surface area contributed by atoms with Crippen LogP contribution in [0.2, 0.25) is 0 Å². The molecule has 0 aromatic carbocycles. The van der Waals surface area contributed by atoms with Crippen molar-refractivity contribution >= 4 is 0 Å². The zero-order valence-electron chi connectivity index (χ0n) is 39.7. The van der Waals surface area contributed by atoms with Crippen molar-refractivity contribution in [3.05, 3.63) is 34.9 Å². The van der Waals surface area contributed by atoms with Gasteiger partial charge in [0.15, 0.2) is 0 Å². The Morgan fingerprint density at radius 2 is 0.607 bits per heavy atom. The number of rotatable bonds is 44. The predicted octanol–water partition coefficient (Wildman–Crippen LogP) is 18.5. The minimum absolute atomic E-state index is 0.234. The van der Waals surface area contributed by atoms with Crippen LogP contribution in [0.15, 0.2) is 34.9 Å². The Morgan fingerprint density at radius 1 is 0.357 bits per heavy atom. The summed E-state index contributed by atoms with van der Waals surface area (Å²) in [5.74, 6) is -0.664. The molecule has 0 N–H and O–H groups in total. The van der Waals surface area contributed by atoms with E-state index >= 15 is 0 Å². The first-order valence-electron chi connectivity index (χ1n) is 25.1. The summed E-state index contributed by atoms with van der Waals surface area (Å²) in [4.78, 5) is 0. The molecule has 0 aliphatic heterocycles. The van der Waals surface area contributed by atoms with Gasteiger partial charge in [-0.1, -0.05) is 203 Å². The standard InChI is InChI=1S/C53H102O3/c1-9-10-11-12-31-38-45-52(8)53(54-46-39-32-25-19-13-16-22-28-35-42-49(2)3,55-47-40-33-26-20-14-17-23-29-36-43-50(4)5)56-48-41-34-27-21-15-18-24-30-37-44-51(6)7/h42-44,52H,9-41,45-48H2,1-8H3. The fourth-order valence-electron chi connectivity index (χ4n) is 7.70. The van der Waals surface area contributed by atoms with Gasteiger partial charge in [-0.3, -0.25) is 0 Å². The third kappa shape index (κ3) is 38.6. The molecule has 0 bridgehead atoms. The molecule has 0 saturated carbocycles. The van der Waals surface area contributed by atoms with E-state index in [0.29, 0.717) is 0 Å². The Labute approximate surface area is 353 Å². The fraction of sp³-hybridized carbons (Fsp3) is 0.887. The minimum Gasteiger partial charge on any atom is -0.327 e. The van der Waals surface area contributed by atoms with Crippen LogP contribution < -0.4 is 0 Å². The van der Waals surface area contributed by atoms with Crippen LogP contribution in [0.5, 0.6) is 0 Å². The molecule has 1 atom stereocenters. The number of hydrogen-bond acceptors (Lipinski definition) is 3. The van der Waals surface area contributed by atoms with Gasteiger partial charge in [0, 0.05) is 5.92 Å². The molecule has 0 aromatic rings. The largest absolute Gasteiger partial charge is 0.327 e. The molecular formula is C53H102O3. The van der Waals surface area contributed by atoms with Crippen LogP contribution in [0, 0.1) is 5.92 Å². The molecule has 0 aliphatic carbocycles. The van der Waals surface area contributed by atoms with Crippen molar-refractivity contribution in [2.24, 2.45) is 5.92 Å². The van der Waals surface area contributed by atoms with Crippen LogP contribution >= 0.6 is 0 Å². The number of allylic oxidation sites excluding steroid dienone is 6. The van der Waals surface area contributed by atoms with Gasteiger partial charge in [-0.05, 0) is 106 Å². The smallest absolute Gasteiger partial charge is 0.285 e. The van der Waals surface area contributed by atoms with Crippen molar-refractivity contribution in [2.45, 2.75) is 280 Å². The van der Waals surface area contributed by atoms with E-state index in [1.165, 1.54) is 209 Å². The summed E-state index contributed by atoms with van der Waals surface area (Å²) in [7, 11) is 0. The molecule has 0 fully saturated rings. The predicted molar refractivity (Wildman–Crippen MR) is 251 cm³/mol.